The number of rotatable bonds is 4. The molecule has 0 unspecified atom stereocenters. The summed E-state index contributed by atoms with van der Waals surface area (Å²) in [5.41, 5.74) is 2.96. The number of aromatic nitrogens is 1. The van der Waals surface area contributed by atoms with Gasteiger partial charge in [-0.3, -0.25) is 9.63 Å². The fourth-order valence-electron chi connectivity index (χ4n) is 0.922. The Morgan fingerprint density at radius 2 is 2.27 bits per heavy atom. The van der Waals surface area contributed by atoms with E-state index in [0.29, 0.717) is 5.69 Å². The van der Waals surface area contributed by atoms with Gasteiger partial charge in [-0.1, -0.05) is 23.2 Å². The first-order chi connectivity index (χ1) is 7.06. The van der Waals surface area contributed by atoms with Crippen molar-refractivity contribution in [3.63, 3.8) is 0 Å². The third-order valence-corrected chi connectivity index (χ3v) is 2.45. The van der Waals surface area contributed by atoms with Crippen LogP contribution in [0.2, 0.25) is 10.2 Å². The molecule has 0 aromatic carbocycles. The Morgan fingerprint density at radius 3 is 2.80 bits per heavy atom. The molecular formula is C8H7Cl3N2O2. The van der Waals surface area contributed by atoms with Crippen molar-refractivity contribution in [1.82, 2.24) is 10.5 Å². The topological polar surface area (TPSA) is 51.2 Å². The predicted octanol–water partition coefficient (Wildman–Crippen LogP) is 2.42. The summed E-state index contributed by atoms with van der Waals surface area (Å²) in [5, 5.41) is -0.377. The third kappa shape index (κ3) is 3.29. The molecule has 0 radical (unpaired) electrons. The highest BCUT2D eigenvalue weighted by Gasteiger charge is 2.14. The van der Waals surface area contributed by atoms with Crippen molar-refractivity contribution in [2.75, 3.05) is 7.05 Å². The van der Waals surface area contributed by atoms with Gasteiger partial charge in [-0.2, -0.15) is 0 Å². The summed E-state index contributed by atoms with van der Waals surface area (Å²) in [7, 11) is 1.58. The molecule has 0 amide bonds. The smallest absolute Gasteiger partial charge is 0.254 e. The Kier molecular flexibility index (Phi) is 4.76. The zero-order chi connectivity index (χ0) is 11.4. The van der Waals surface area contributed by atoms with E-state index in [4.69, 9.17) is 39.6 Å². The summed E-state index contributed by atoms with van der Waals surface area (Å²) >= 11 is 16.8. The van der Waals surface area contributed by atoms with Gasteiger partial charge in [0.25, 0.3) is 5.24 Å². The average molecular weight is 270 g/mol. The van der Waals surface area contributed by atoms with Crippen LogP contribution < -0.4 is 5.48 Å². The summed E-state index contributed by atoms with van der Waals surface area (Å²) in [6, 6.07) is 1.36. The summed E-state index contributed by atoms with van der Waals surface area (Å²) in [5.74, 6) is 0. The van der Waals surface area contributed by atoms with E-state index in [1.54, 1.807) is 7.05 Å². The van der Waals surface area contributed by atoms with E-state index in [1.165, 1.54) is 6.07 Å². The van der Waals surface area contributed by atoms with Crippen molar-refractivity contribution in [1.29, 1.82) is 0 Å². The van der Waals surface area contributed by atoms with Gasteiger partial charge in [0.15, 0.2) is 0 Å². The molecule has 0 aliphatic rings. The van der Waals surface area contributed by atoms with Crippen LogP contribution in [0.3, 0.4) is 0 Å². The molecular weight excluding hydrogens is 262 g/mol. The molecule has 0 bridgehead atoms. The molecule has 1 N–H and O–H groups in total. The van der Waals surface area contributed by atoms with E-state index in [2.05, 4.69) is 10.5 Å². The van der Waals surface area contributed by atoms with Gasteiger partial charge in [-0.15, -0.1) is 0 Å². The maximum atomic E-state index is 11.0. The normalized spacial score (nSPS) is 10.4. The third-order valence-electron chi connectivity index (χ3n) is 1.58. The maximum absolute atomic E-state index is 11.0. The van der Waals surface area contributed by atoms with Gasteiger partial charge < -0.3 is 0 Å². The van der Waals surface area contributed by atoms with Crippen LogP contribution in [0.5, 0.6) is 0 Å². The number of hydroxylamine groups is 1. The van der Waals surface area contributed by atoms with Crippen molar-refractivity contribution in [3.05, 3.63) is 27.5 Å². The predicted molar refractivity (Wildman–Crippen MR) is 58.3 cm³/mol. The Balaban J connectivity index is 3.10. The van der Waals surface area contributed by atoms with Crippen LogP contribution in [0.25, 0.3) is 0 Å². The molecule has 1 rings (SSSR count). The Labute approximate surface area is 101 Å². The standard InChI is InChI=1S/C8H7Cl3N2O2/c1-12-15-3-6-4(8(11)14)2-5(9)7(10)13-6/h2,12H,3H2,1H3. The fraction of sp³-hybridized carbons (Fsp3) is 0.250. The monoisotopic (exact) mass is 268 g/mol. The largest absolute Gasteiger partial charge is 0.296 e. The molecule has 0 fully saturated rings. The minimum Gasteiger partial charge on any atom is -0.296 e. The number of nitrogens with one attached hydrogen (secondary N) is 1. The van der Waals surface area contributed by atoms with Gasteiger partial charge in [-0.05, 0) is 17.7 Å². The van der Waals surface area contributed by atoms with Crippen molar-refractivity contribution in [3.8, 4) is 0 Å². The van der Waals surface area contributed by atoms with Crippen LogP contribution in [0.15, 0.2) is 6.07 Å². The molecule has 15 heavy (non-hydrogen) atoms. The van der Waals surface area contributed by atoms with Gasteiger partial charge >= 0.3 is 0 Å². The van der Waals surface area contributed by atoms with E-state index in [9.17, 15) is 4.79 Å². The number of halogens is 3. The summed E-state index contributed by atoms with van der Waals surface area (Å²) in [6.07, 6.45) is 0. The van der Waals surface area contributed by atoms with Crippen LogP contribution in [0.4, 0.5) is 0 Å². The summed E-state index contributed by atoms with van der Waals surface area (Å²) in [6.45, 7) is 0.0706. The highest BCUT2D eigenvalue weighted by Crippen LogP contribution is 2.24. The van der Waals surface area contributed by atoms with E-state index in [1.807, 2.05) is 0 Å². The molecule has 82 valence electrons. The summed E-state index contributed by atoms with van der Waals surface area (Å²) < 4.78 is 0. The van der Waals surface area contributed by atoms with Crippen LogP contribution in [0, 0.1) is 0 Å². The molecule has 0 atom stereocenters. The molecule has 1 aromatic rings. The second kappa shape index (κ2) is 5.63. The first kappa shape index (κ1) is 12.7. The molecule has 0 aliphatic carbocycles. The van der Waals surface area contributed by atoms with Crippen LogP contribution >= 0.6 is 34.8 Å². The molecule has 1 aromatic heterocycles. The van der Waals surface area contributed by atoms with E-state index >= 15 is 0 Å². The molecule has 7 heteroatoms. The lowest BCUT2D eigenvalue weighted by molar-refractivity contribution is 0.0420. The quantitative estimate of drug-likeness (QED) is 0.518. The molecule has 0 saturated heterocycles. The summed E-state index contributed by atoms with van der Waals surface area (Å²) in [4.78, 5) is 19.8. The number of carbonyl (C=O) groups is 1. The van der Waals surface area contributed by atoms with Crippen molar-refractivity contribution in [2.24, 2.45) is 0 Å². The number of hydrogen-bond acceptors (Lipinski definition) is 4. The lowest BCUT2D eigenvalue weighted by Gasteiger charge is -2.06. The number of nitrogens with zero attached hydrogens (tertiary/aromatic N) is 1. The van der Waals surface area contributed by atoms with Crippen LogP contribution in [-0.2, 0) is 11.4 Å². The lowest BCUT2D eigenvalue weighted by atomic mass is 10.2. The van der Waals surface area contributed by atoms with Crippen LogP contribution in [0.1, 0.15) is 16.1 Å². The van der Waals surface area contributed by atoms with E-state index in [-0.39, 0.29) is 22.3 Å². The Bertz CT molecular complexity index is 384. The molecule has 4 nitrogen and oxygen atoms in total. The number of pyridine rings is 1. The lowest BCUT2D eigenvalue weighted by Crippen LogP contribution is -2.11. The second-order valence-electron chi connectivity index (χ2n) is 2.52. The first-order valence-corrected chi connectivity index (χ1v) is 5.03. The van der Waals surface area contributed by atoms with Gasteiger partial charge in [0.2, 0.25) is 0 Å². The fourth-order valence-corrected chi connectivity index (χ4v) is 1.39. The highest BCUT2D eigenvalue weighted by atomic mass is 35.5. The second-order valence-corrected chi connectivity index (χ2v) is 3.63. The van der Waals surface area contributed by atoms with Gasteiger partial charge in [0.1, 0.15) is 11.8 Å². The highest BCUT2D eigenvalue weighted by molar-refractivity contribution is 6.68. The van der Waals surface area contributed by atoms with Gasteiger partial charge in [0, 0.05) is 7.05 Å². The van der Waals surface area contributed by atoms with Crippen molar-refractivity contribution >= 4 is 40.0 Å². The number of carbonyl (C=O) groups excluding carboxylic acids is 1. The SMILES string of the molecule is CNOCc1nc(Cl)c(Cl)cc1C(=O)Cl. The average Bonchev–Trinajstić information content (AvgIpc) is 2.19. The van der Waals surface area contributed by atoms with E-state index in [0.717, 1.165) is 0 Å². The van der Waals surface area contributed by atoms with Crippen molar-refractivity contribution < 1.29 is 9.63 Å². The van der Waals surface area contributed by atoms with Crippen LogP contribution in [-0.4, -0.2) is 17.3 Å². The zero-order valence-electron chi connectivity index (χ0n) is 7.68. The minimum absolute atomic E-state index is 0.0706. The zero-order valence-corrected chi connectivity index (χ0v) is 9.95. The van der Waals surface area contributed by atoms with E-state index < -0.39 is 5.24 Å². The molecule has 0 saturated carbocycles. The minimum atomic E-state index is -0.657. The maximum Gasteiger partial charge on any atom is 0.254 e. The molecule has 0 spiro atoms. The van der Waals surface area contributed by atoms with Crippen molar-refractivity contribution in [2.45, 2.75) is 6.61 Å². The van der Waals surface area contributed by atoms with Gasteiger partial charge in [0.05, 0.1) is 16.3 Å². The Hall–Kier alpha value is -0.390. The number of hydrogen-bond donors (Lipinski definition) is 1. The molecule has 0 aliphatic heterocycles. The Morgan fingerprint density at radius 1 is 1.60 bits per heavy atom. The first-order valence-electron chi connectivity index (χ1n) is 3.89. The van der Waals surface area contributed by atoms with Gasteiger partial charge in [-0.25, -0.2) is 10.5 Å². The molecule has 1 heterocycles.